The standard InChI is InChI=1S/C13H14N2O2/c1-2-3-12(16)15-11-6-4-10(5-7-11)13-14-8-9-17-13/h4-9H,2-3H2,1H3,(H,15,16). The highest BCUT2D eigenvalue weighted by Crippen LogP contribution is 2.19. The molecule has 0 aliphatic carbocycles. The average molecular weight is 230 g/mol. The molecule has 1 aromatic carbocycles. The molecule has 0 radical (unpaired) electrons. The van der Waals surface area contributed by atoms with Crippen molar-refractivity contribution >= 4 is 11.6 Å². The lowest BCUT2D eigenvalue weighted by Gasteiger charge is -2.04. The Kier molecular flexibility index (Phi) is 3.55. The zero-order valence-electron chi connectivity index (χ0n) is 9.64. The molecule has 0 bridgehead atoms. The molecule has 1 amide bonds. The van der Waals surface area contributed by atoms with Crippen molar-refractivity contribution in [1.82, 2.24) is 4.98 Å². The number of carbonyl (C=O) groups excluding carboxylic acids is 1. The van der Waals surface area contributed by atoms with Crippen molar-refractivity contribution in [1.29, 1.82) is 0 Å². The van der Waals surface area contributed by atoms with E-state index in [2.05, 4.69) is 10.3 Å². The summed E-state index contributed by atoms with van der Waals surface area (Å²) in [6, 6.07) is 7.42. The van der Waals surface area contributed by atoms with Crippen LogP contribution in [0.3, 0.4) is 0 Å². The molecule has 0 saturated carbocycles. The summed E-state index contributed by atoms with van der Waals surface area (Å²) in [5.74, 6) is 0.618. The Morgan fingerprint density at radius 2 is 2.12 bits per heavy atom. The lowest BCUT2D eigenvalue weighted by atomic mass is 10.2. The molecule has 0 atom stereocenters. The molecule has 4 nitrogen and oxygen atoms in total. The van der Waals surface area contributed by atoms with E-state index in [9.17, 15) is 4.79 Å². The van der Waals surface area contributed by atoms with Gasteiger partial charge in [0.2, 0.25) is 11.8 Å². The van der Waals surface area contributed by atoms with Crippen LogP contribution in [0.5, 0.6) is 0 Å². The highest BCUT2D eigenvalue weighted by molar-refractivity contribution is 5.90. The molecule has 0 fully saturated rings. The van der Waals surface area contributed by atoms with E-state index < -0.39 is 0 Å². The smallest absolute Gasteiger partial charge is 0.225 e. The summed E-state index contributed by atoms with van der Waals surface area (Å²) < 4.78 is 5.18. The van der Waals surface area contributed by atoms with Crippen LogP contribution < -0.4 is 5.32 Å². The first-order valence-corrected chi connectivity index (χ1v) is 5.59. The summed E-state index contributed by atoms with van der Waals surface area (Å²) in [5.41, 5.74) is 1.68. The van der Waals surface area contributed by atoms with E-state index in [4.69, 9.17) is 4.42 Å². The highest BCUT2D eigenvalue weighted by Gasteiger charge is 2.03. The third-order valence-electron chi connectivity index (χ3n) is 2.32. The minimum absolute atomic E-state index is 0.0383. The Labute approximate surface area is 99.7 Å². The van der Waals surface area contributed by atoms with Gasteiger partial charge in [-0.05, 0) is 30.7 Å². The third kappa shape index (κ3) is 2.93. The van der Waals surface area contributed by atoms with Gasteiger partial charge in [-0.25, -0.2) is 4.98 Å². The fourth-order valence-electron chi connectivity index (χ4n) is 1.51. The van der Waals surface area contributed by atoms with Crippen LogP contribution in [0.2, 0.25) is 0 Å². The van der Waals surface area contributed by atoms with Crippen molar-refractivity contribution in [2.45, 2.75) is 19.8 Å². The van der Waals surface area contributed by atoms with Crippen LogP contribution in [-0.4, -0.2) is 10.9 Å². The van der Waals surface area contributed by atoms with Crippen LogP contribution in [-0.2, 0) is 4.79 Å². The molecule has 0 aliphatic rings. The number of rotatable bonds is 4. The number of oxazole rings is 1. The van der Waals surface area contributed by atoms with Gasteiger partial charge in [0.1, 0.15) is 6.26 Å². The molecule has 17 heavy (non-hydrogen) atoms. The lowest BCUT2D eigenvalue weighted by molar-refractivity contribution is -0.116. The Hall–Kier alpha value is -2.10. The largest absolute Gasteiger partial charge is 0.445 e. The maximum atomic E-state index is 11.4. The SMILES string of the molecule is CCCC(=O)Nc1ccc(-c2ncco2)cc1. The Morgan fingerprint density at radius 3 is 2.71 bits per heavy atom. The second-order valence-electron chi connectivity index (χ2n) is 3.71. The summed E-state index contributed by atoms with van der Waals surface area (Å²) in [6.45, 7) is 1.98. The first-order valence-electron chi connectivity index (χ1n) is 5.59. The quantitative estimate of drug-likeness (QED) is 0.878. The van der Waals surface area contributed by atoms with E-state index in [0.717, 1.165) is 17.7 Å². The van der Waals surface area contributed by atoms with Crippen LogP contribution in [0.15, 0.2) is 41.1 Å². The molecule has 0 unspecified atom stereocenters. The van der Waals surface area contributed by atoms with Gasteiger partial charge in [-0.15, -0.1) is 0 Å². The molecule has 0 saturated heterocycles. The van der Waals surface area contributed by atoms with Crippen LogP contribution in [0.4, 0.5) is 5.69 Å². The van der Waals surface area contributed by atoms with Gasteiger partial charge >= 0.3 is 0 Å². The second kappa shape index (κ2) is 5.30. The van der Waals surface area contributed by atoms with Crippen molar-refractivity contribution in [2.24, 2.45) is 0 Å². The summed E-state index contributed by atoms with van der Waals surface area (Å²) in [6.07, 6.45) is 4.53. The number of anilines is 1. The van der Waals surface area contributed by atoms with Crippen LogP contribution in [0, 0.1) is 0 Å². The third-order valence-corrected chi connectivity index (χ3v) is 2.32. The zero-order chi connectivity index (χ0) is 12.1. The molecule has 0 spiro atoms. The summed E-state index contributed by atoms with van der Waals surface area (Å²) >= 11 is 0. The van der Waals surface area contributed by atoms with Gasteiger partial charge in [-0.3, -0.25) is 4.79 Å². The fraction of sp³-hybridized carbons (Fsp3) is 0.231. The summed E-state index contributed by atoms with van der Waals surface area (Å²) in [7, 11) is 0. The topological polar surface area (TPSA) is 55.1 Å². The summed E-state index contributed by atoms with van der Waals surface area (Å²) in [5, 5.41) is 2.83. The molecule has 88 valence electrons. The van der Waals surface area contributed by atoms with Gasteiger partial charge in [-0.2, -0.15) is 0 Å². The predicted octanol–water partition coefficient (Wildman–Crippen LogP) is 3.08. The number of nitrogens with one attached hydrogen (secondary N) is 1. The average Bonchev–Trinajstić information content (AvgIpc) is 2.84. The second-order valence-corrected chi connectivity index (χ2v) is 3.71. The van der Waals surface area contributed by atoms with Crippen molar-refractivity contribution in [3.8, 4) is 11.5 Å². The zero-order valence-corrected chi connectivity index (χ0v) is 9.64. The molecule has 2 rings (SSSR count). The van der Waals surface area contributed by atoms with Crippen molar-refractivity contribution < 1.29 is 9.21 Å². The number of aromatic nitrogens is 1. The van der Waals surface area contributed by atoms with E-state index in [1.165, 1.54) is 6.26 Å². The first-order chi connectivity index (χ1) is 8.29. The Bertz CT molecular complexity index is 475. The van der Waals surface area contributed by atoms with Gasteiger partial charge in [0.15, 0.2) is 0 Å². The molecule has 1 N–H and O–H groups in total. The number of hydrogen-bond acceptors (Lipinski definition) is 3. The van der Waals surface area contributed by atoms with E-state index in [0.29, 0.717) is 12.3 Å². The number of carbonyl (C=O) groups is 1. The molecular formula is C13H14N2O2. The van der Waals surface area contributed by atoms with E-state index in [1.807, 2.05) is 31.2 Å². The van der Waals surface area contributed by atoms with Gasteiger partial charge in [0, 0.05) is 17.7 Å². The number of nitrogens with zero attached hydrogens (tertiary/aromatic N) is 1. The van der Waals surface area contributed by atoms with Gasteiger partial charge in [0.25, 0.3) is 0 Å². The van der Waals surface area contributed by atoms with Crippen LogP contribution in [0.25, 0.3) is 11.5 Å². The molecule has 1 heterocycles. The molecule has 4 heteroatoms. The molecular weight excluding hydrogens is 216 g/mol. The van der Waals surface area contributed by atoms with Gasteiger partial charge in [0.05, 0.1) is 6.20 Å². The minimum atomic E-state index is 0.0383. The van der Waals surface area contributed by atoms with E-state index >= 15 is 0 Å². The number of hydrogen-bond donors (Lipinski definition) is 1. The Morgan fingerprint density at radius 1 is 1.35 bits per heavy atom. The molecule has 1 aromatic heterocycles. The van der Waals surface area contributed by atoms with Crippen molar-refractivity contribution in [2.75, 3.05) is 5.32 Å². The maximum Gasteiger partial charge on any atom is 0.225 e. The first kappa shape index (κ1) is 11.4. The fourth-order valence-corrected chi connectivity index (χ4v) is 1.51. The Balaban J connectivity index is 2.06. The minimum Gasteiger partial charge on any atom is -0.445 e. The van der Waals surface area contributed by atoms with Crippen molar-refractivity contribution in [3.63, 3.8) is 0 Å². The number of benzene rings is 1. The van der Waals surface area contributed by atoms with Crippen molar-refractivity contribution in [3.05, 3.63) is 36.7 Å². The van der Waals surface area contributed by atoms with E-state index in [1.54, 1.807) is 6.20 Å². The molecule has 0 aliphatic heterocycles. The lowest BCUT2D eigenvalue weighted by Crippen LogP contribution is -2.10. The van der Waals surface area contributed by atoms with E-state index in [-0.39, 0.29) is 5.91 Å². The predicted molar refractivity (Wildman–Crippen MR) is 65.5 cm³/mol. The van der Waals surface area contributed by atoms with Crippen LogP contribution in [0.1, 0.15) is 19.8 Å². The molecule has 2 aromatic rings. The summed E-state index contributed by atoms with van der Waals surface area (Å²) in [4.78, 5) is 15.4. The van der Waals surface area contributed by atoms with Gasteiger partial charge < -0.3 is 9.73 Å². The number of amides is 1. The monoisotopic (exact) mass is 230 g/mol. The highest BCUT2D eigenvalue weighted by atomic mass is 16.3. The maximum absolute atomic E-state index is 11.4. The normalized spacial score (nSPS) is 10.2. The van der Waals surface area contributed by atoms with Gasteiger partial charge in [-0.1, -0.05) is 6.92 Å². The van der Waals surface area contributed by atoms with Crippen LogP contribution >= 0.6 is 0 Å².